The molecule has 0 aliphatic carbocycles. The summed E-state index contributed by atoms with van der Waals surface area (Å²) in [6.07, 6.45) is 4.27. The quantitative estimate of drug-likeness (QED) is 0.875. The summed E-state index contributed by atoms with van der Waals surface area (Å²) in [5, 5.41) is 7.26. The fourth-order valence-electron chi connectivity index (χ4n) is 2.87. The van der Waals surface area contributed by atoms with Gasteiger partial charge < -0.3 is 15.0 Å². The van der Waals surface area contributed by atoms with Crippen molar-refractivity contribution in [3.8, 4) is 0 Å². The van der Waals surface area contributed by atoms with Crippen LogP contribution in [0, 0.1) is 12.8 Å². The van der Waals surface area contributed by atoms with Crippen molar-refractivity contribution in [2.45, 2.75) is 32.9 Å². The van der Waals surface area contributed by atoms with Crippen LogP contribution < -0.4 is 5.32 Å². The number of ether oxygens (including phenoxy) is 1. The van der Waals surface area contributed by atoms with Crippen LogP contribution >= 0.6 is 0 Å². The average molecular weight is 303 g/mol. The van der Waals surface area contributed by atoms with Crippen molar-refractivity contribution in [1.29, 1.82) is 0 Å². The molecule has 1 fully saturated rings. The van der Waals surface area contributed by atoms with Crippen molar-refractivity contribution < 1.29 is 9.53 Å². The summed E-state index contributed by atoms with van der Waals surface area (Å²) in [7, 11) is 0. The van der Waals surface area contributed by atoms with Gasteiger partial charge in [0, 0.05) is 31.8 Å². The Hall–Kier alpha value is -2.15. The molecular formula is C15H21N5O2. The maximum absolute atomic E-state index is 12.1. The number of amides is 1. The third-order valence-electron chi connectivity index (χ3n) is 4.03. The van der Waals surface area contributed by atoms with E-state index in [-0.39, 0.29) is 17.9 Å². The number of hydrogen-bond acceptors (Lipinski definition) is 4. The minimum Gasteiger partial charge on any atom is -0.372 e. The number of nitrogens with zero attached hydrogens (tertiary/aromatic N) is 3. The van der Waals surface area contributed by atoms with Crippen LogP contribution in [0.15, 0.2) is 18.5 Å². The molecule has 0 saturated carbocycles. The van der Waals surface area contributed by atoms with E-state index in [0.717, 1.165) is 24.5 Å². The molecule has 2 aromatic rings. The number of nitrogens with one attached hydrogen (secondary N) is 2. The zero-order valence-electron chi connectivity index (χ0n) is 12.9. The second-order valence-corrected chi connectivity index (χ2v) is 5.50. The fourth-order valence-corrected chi connectivity index (χ4v) is 2.87. The van der Waals surface area contributed by atoms with Gasteiger partial charge in [0.15, 0.2) is 0 Å². The molecule has 2 aromatic heterocycles. The van der Waals surface area contributed by atoms with Gasteiger partial charge in [-0.3, -0.25) is 9.48 Å². The lowest BCUT2D eigenvalue weighted by molar-refractivity contribution is 0.0793. The molecule has 1 aliphatic heterocycles. The Labute approximate surface area is 129 Å². The van der Waals surface area contributed by atoms with Crippen LogP contribution in [-0.4, -0.2) is 38.8 Å². The number of rotatable bonds is 5. The first-order valence-corrected chi connectivity index (χ1v) is 7.62. The lowest BCUT2D eigenvalue weighted by atomic mass is 9.99. The number of aromatic amines is 1. The normalized spacial score (nSPS) is 21.2. The number of imidazole rings is 1. The Morgan fingerprint density at radius 2 is 2.45 bits per heavy atom. The maximum Gasteiger partial charge on any atom is 0.269 e. The summed E-state index contributed by atoms with van der Waals surface area (Å²) in [4.78, 5) is 19.1. The Balaban J connectivity index is 1.63. The van der Waals surface area contributed by atoms with Crippen molar-refractivity contribution in [3.05, 3.63) is 35.7 Å². The summed E-state index contributed by atoms with van der Waals surface area (Å²) in [5.74, 6) is 0.865. The molecule has 0 spiro atoms. The first-order valence-electron chi connectivity index (χ1n) is 7.62. The molecule has 2 atom stereocenters. The number of aryl methyl sites for hydroxylation is 2. The standard InChI is InChI=1S/C15H21N5O2/c1-3-20-13(4-6-18-20)14-11(5-7-22-14)8-17-15(21)12-9-16-10(2)19-12/h4,6,9,11,14H,3,5,7-8H2,1-2H3,(H,16,19)(H,17,21)/t11-,14+/m0/s1. The number of carbonyl (C=O) groups excluding carboxylic acids is 1. The van der Waals surface area contributed by atoms with Crippen LogP contribution in [0.5, 0.6) is 0 Å². The molecule has 7 nitrogen and oxygen atoms in total. The van der Waals surface area contributed by atoms with Crippen molar-refractivity contribution in [2.75, 3.05) is 13.2 Å². The first kappa shape index (κ1) is 14.8. The predicted octanol–water partition coefficient (Wildman–Crippen LogP) is 1.44. The summed E-state index contributed by atoms with van der Waals surface area (Å²) < 4.78 is 7.81. The van der Waals surface area contributed by atoms with Gasteiger partial charge in [0.25, 0.3) is 5.91 Å². The molecule has 1 aliphatic rings. The van der Waals surface area contributed by atoms with Gasteiger partial charge >= 0.3 is 0 Å². The highest BCUT2D eigenvalue weighted by atomic mass is 16.5. The molecule has 0 aromatic carbocycles. The van der Waals surface area contributed by atoms with Crippen molar-refractivity contribution in [2.24, 2.45) is 5.92 Å². The highest BCUT2D eigenvalue weighted by molar-refractivity contribution is 5.92. The van der Waals surface area contributed by atoms with Crippen molar-refractivity contribution >= 4 is 5.91 Å². The minimum atomic E-state index is -0.129. The maximum atomic E-state index is 12.1. The molecule has 118 valence electrons. The van der Waals surface area contributed by atoms with Crippen LogP contribution in [0.3, 0.4) is 0 Å². The Kier molecular flexibility index (Phi) is 4.24. The van der Waals surface area contributed by atoms with E-state index in [1.807, 2.05) is 17.7 Å². The van der Waals surface area contributed by atoms with Crippen LogP contribution in [0.2, 0.25) is 0 Å². The van der Waals surface area contributed by atoms with Gasteiger partial charge in [0.2, 0.25) is 0 Å². The van der Waals surface area contributed by atoms with E-state index in [1.54, 1.807) is 12.4 Å². The number of H-pyrrole nitrogens is 1. The minimum absolute atomic E-state index is 0.00810. The molecule has 0 unspecified atom stereocenters. The zero-order chi connectivity index (χ0) is 15.5. The first-order chi connectivity index (χ1) is 10.7. The van der Waals surface area contributed by atoms with Crippen LogP contribution in [0.1, 0.15) is 41.5 Å². The number of hydrogen-bond donors (Lipinski definition) is 2. The molecule has 2 N–H and O–H groups in total. The van der Waals surface area contributed by atoms with E-state index in [4.69, 9.17) is 4.74 Å². The van der Waals surface area contributed by atoms with Gasteiger partial charge in [-0.25, -0.2) is 4.98 Å². The summed E-state index contributed by atoms with van der Waals surface area (Å²) in [6, 6.07) is 1.99. The van der Waals surface area contributed by atoms with Crippen molar-refractivity contribution in [3.63, 3.8) is 0 Å². The van der Waals surface area contributed by atoms with E-state index in [2.05, 4.69) is 27.3 Å². The van der Waals surface area contributed by atoms with E-state index >= 15 is 0 Å². The fraction of sp³-hybridized carbons (Fsp3) is 0.533. The second-order valence-electron chi connectivity index (χ2n) is 5.50. The van der Waals surface area contributed by atoms with Gasteiger partial charge in [0.1, 0.15) is 17.6 Å². The van der Waals surface area contributed by atoms with Gasteiger partial charge in [0.05, 0.1) is 11.9 Å². The Bertz CT molecular complexity index is 648. The summed E-state index contributed by atoms with van der Waals surface area (Å²) >= 11 is 0. The lowest BCUT2D eigenvalue weighted by Gasteiger charge is -2.19. The smallest absolute Gasteiger partial charge is 0.269 e. The Morgan fingerprint density at radius 1 is 1.59 bits per heavy atom. The molecule has 3 rings (SSSR count). The van der Waals surface area contributed by atoms with Gasteiger partial charge in [-0.15, -0.1) is 0 Å². The van der Waals surface area contributed by atoms with E-state index < -0.39 is 0 Å². The topological polar surface area (TPSA) is 84.8 Å². The highest BCUT2D eigenvalue weighted by Crippen LogP contribution is 2.33. The van der Waals surface area contributed by atoms with Gasteiger partial charge in [-0.1, -0.05) is 0 Å². The van der Waals surface area contributed by atoms with Crippen LogP contribution in [0.25, 0.3) is 0 Å². The molecule has 22 heavy (non-hydrogen) atoms. The molecule has 3 heterocycles. The van der Waals surface area contributed by atoms with E-state index in [1.165, 1.54) is 0 Å². The van der Waals surface area contributed by atoms with E-state index in [9.17, 15) is 4.79 Å². The van der Waals surface area contributed by atoms with E-state index in [0.29, 0.717) is 18.8 Å². The molecule has 1 amide bonds. The largest absolute Gasteiger partial charge is 0.372 e. The Morgan fingerprint density at radius 3 is 3.18 bits per heavy atom. The molecule has 0 radical (unpaired) electrons. The molecule has 7 heteroatoms. The predicted molar refractivity (Wildman–Crippen MR) is 80.4 cm³/mol. The SMILES string of the molecule is CCn1nccc1[C@@H]1OCC[C@H]1CNC(=O)c1cnc(C)[nH]1. The average Bonchev–Trinajstić information content (AvgIpc) is 3.23. The summed E-state index contributed by atoms with van der Waals surface area (Å²) in [5.41, 5.74) is 1.57. The van der Waals surface area contributed by atoms with Crippen molar-refractivity contribution in [1.82, 2.24) is 25.1 Å². The second kappa shape index (κ2) is 6.31. The number of carbonyl (C=O) groups is 1. The monoisotopic (exact) mass is 303 g/mol. The third-order valence-corrected chi connectivity index (χ3v) is 4.03. The molecule has 0 bridgehead atoms. The zero-order valence-corrected chi connectivity index (χ0v) is 12.9. The highest BCUT2D eigenvalue weighted by Gasteiger charge is 2.32. The third kappa shape index (κ3) is 2.89. The lowest BCUT2D eigenvalue weighted by Crippen LogP contribution is -2.31. The number of aromatic nitrogens is 4. The van der Waals surface area contributed by atoms with Crippen LogP contribution in [0.4, 0.5) is 0 Å². The summed E-state index contributed by atoms with van der Waals surface area (Å²) in [6.45, 7) is 5.99. The van der Waals surface area contributed by atoms with Crippen LogP contribution in [-0.2, 0) is 11.3 Å². The van der Waals surface area contributed by atoms with Gasteiger partial charge in [-0.2, -0.15) is 5.10 Å². The molecule has 1 saturated heterocycles. The van der Waals surface area contributed by atoms with Gasteiger partial charge in [-0.05, 0) is 26.3 Å². The molecular weight excluding hydrogens is 282 g/mol.